The molecule has 0 fully saturated rings. The van der Waals surface area contributed by atoms with E-state index in [1.807, 2.05) is 30.7 Å². The monoisotopic (exact) mass is 183 g/mol. The quantitative estimate of drug-likeness (QED) is 0.315. The Labute approximate surface area is 76.3 Å². The van der Waals surface area contributed by atoms with Crippen LogP contribution in [0.25, 0.3) is 0 Å². The van der Waals surface area contributed by atoms with Crippen LogP contribution in [0, 0.1) is 0 Å². The molecule has 3 nitrogen and oxygen atoms in total. The van der Waals surface area contributed by atoms with Crippen molar-refractivity contribution >= 4 is 17.2 Å². The molecule has 0 saturated carbocycles. The molecule has 0 aromatic carbocycles. The van der Waals surface area contributed by atoms with Gasteiger partial charge in [0.2, 0.25) is 0 Å². The van der Waals surface area contributed by atoms with Crippen molar-refractivity contribution in [2.45, 2.75) is 19.9 Å². The molecule has 0 bridgehead atoms. The van der Waals surface area contributed by atoms with E-state index in [1.54, 1.807) is 11.3 Å². The summed E-state index contributed by atoms with van der Waals surface area (Å²) in [5, 5.41) is 4.02. The minimum absolute atomic E-state index is 0.260. The lowest BCUT2D eigenvalue weighted by molar-refractivity contribution is 0.820. The minimum Gasteiger partial charge on any atom is -0.308 e. The highest BCUT2D eigenvalue weighted by atomic mass is 32.1. The maximum atomic E-state index is 5.34. The number of thiophene rings is 1. The third-order valence-corrected chi connectivity index (χ3v) is 2.00. The normalized spacial score (nSPS) is 12.2. The van der Waals surface area contributed by atoms with Gasteiger partial charge in [-0.2, -0.15) is 11.3 Å². The Balaban J connectivity index is 2.83. The molecule has 3 N–H and O–H groups in total. The van der Waals surface area contributed by atoms with Crippen LogP contribution in [0.4, 0.5) is 0 Å². The molecule has 4 heteroatoms. The number of hydrogen-bond acceptors (Lipinski definition) is 3. The van der Waals surface area contributed by atoms with E-state index in [-0.39, 0.29) is 6.04 Å². The largest absolute Gasteiger partial charge is 0.308 e. The van der Waals surface area contributed by atoms with Crippen molar-refractivity contribution in [3.63, 3.8) is 0 Å². The van der Waals surface area contributed by atoms with E-state index in [0.29, 0.717) is 0 Å². The van der Waals surface area contributed by atoms with E-state index in [9.17, 15) is 0 Å². The number of hydrazine groups is 1. The summed E-state index contributed by atoms with van der Waals surface area (Å²) in [6.07, 6.45) is 0. The van der Waals surface area contributed by atoms with Crippen LogP contribution in [0.2, 0.25) is 0 Å². The standard InChI is InChI=1S/C8H13N3S/c1-6(2)10-8(11-9)7-3-4-12-5-7/h3-6H,9H2,1-2H3,(H,10,11). The highest BCUT2D eigenvalue weighted by Gasteiger charge is 2.01. The highest BCUT2D eigenvalue weighted by Crippen LogP contribution is 2.06. The predicted octanol–water partition coefficient (Wildman–Crippen LogP) is 1.37. The van der Waals surface area contributed by atoms with Crippen LogP contribution in [-0.2, 0) is 0 Å². The SMILES string of the molecule is CC(C)N=C(NN)c1ccsc1. The van der Waals surface area contributed by atoms with Crippen LogP contribution < -0.4 is 11.3 Å². The lowest BCUT2D eigenvalue weighted by Crippen LogP contribution is -2.31. The van der Waals surface area contributed by atoms with E-state index in [1.165, 1.54) is 0 Å². The van der Waals surface area contributed by atoms with Crippen LogP contribution in [0.3, 0.4) is 0 Å². The van der Waals surface area contributed by atoms with Gasteiger partial charge in [0.05, 0.1) is 0 Å². The molecule has 0 aliphatic rings. The second kappa shape index (κ2) is 4.23. The molecule has 66 valence electrons. The third kappa shape index (κ3) is 2.32. The van der Waals surface area contributed by atoms with Gasteiger partial charge in [-0.15, -0.1) is 0 Å². The van der Waals surface area contributed by atoms with E-state index in [4.69, 9.17) is 5.84 Å². The molecule has 0 unspecified atom stereocenters. The summed E-state index contributed by atoms with van der Waals surface area (Å²) in [4.78, 5) is 4.33. The molecule has 1 aromatic rings. The maximum Gasteiger partial charge on any atom is 0.143 e. The first kappa shape index (κ1) is 9.22. The van der Waals surface area contributed by atoms with Gasteiger partial charge in [-0.3, -0.25) is 4.99 Å². The number of nitrogens with one attached hydrogen (secondary N) is 1. The molecule has 1 heterocycles. The summed E-state index contributed by atoms with van der Waals surface area (Å²) in [6, 6.07) is 2.25. The zero-order valence-electron chi connectivity index (χ0n) is 7.24. The van der Waals surface area contributed by atoms with E-state index >= 15 is 0 Å². The van der Waals surface area contributed by atoms with Crippen molar-refractivity contribution in [3.8, 4) is 0 Å². The smallest absolute Gasteiger partial charge is 0.143 e. The molecule has 12 heavy (non-hydrogen) atoms. The van der Waals surface area contributed by atoms with E-state index < -0.39 is 0 Å². The van der Waals surface area contributed by atoms with Crippen LogP contribution in [-0.4, -0.2) is 11.9 Å². The summed E-state index contributed by atoms with van der Waals surface area (Å²) >= 11 is 1.63. The molecule has 1 rings (SSSR count). The zero-order chi connectivity index (χ0) is 8.97. The Kier molecular flexibility index (Phi) is 3.25. The van der Waals surface area contributed by atoms with Gasteiger partial charge in [0.1, 0.15) is 5.84 Å². The van der Waals surface area contributed by atoms with E-state index in [0.717, 1.165) is 11.4 Å². The molecule has 0 amide bonds. The first-order valence-corrected chi connectivity index (χ1v) is 4.75. The number of rotatable bonds is 2. The average molecular weight is 183 g/mol. The average Bonchev–Trinajstić information content (AvgIpc) is 2.51. The van der Waals surface area contributed by atoms with Gasteiger partial charge in [0, 0.05) is 17.0 Å². The summed E-state index contributed by atoms with van der Waals surface area (Å²) < 4.78 is 0. The van der Waals surface area contributed by atoms with Gasteiger partial charge in [0.15, 0.2) is 0 Å². The Morgan fingerprint density at radius 2 is 2.42 bits per heavy atom. The van der Waals surface area contributed by atoms with E-state index in [2.05, 4.69) is 10.4 Å². The number of nitrogens with zero attached hydrogens (tertiary/aromatic N) is 1. The molecule has 1 aromatic heterocycles. The van der Waals surface area contributed by atoms with Crippen LogP contribution >= 0.6 is 11.3 Å². The summed E-state index contributed by atoms with van der Waals surface area (Å²) in [5.41, 5.74) is 3.64. The Morgan fingerprint density at radius 3 is 2.83 bits per heavy atom. The Bertz CT molecular complexity index is 251. The van der Waals surface area contributed by atoms with Gasteiger partial charge in [-0.25, -0.2) is 5.84 Å². The van der Waals surface area contributed by atoms with Crippen molar-refractivity contribution in [1.82, 2.24) is 5.43 Å². The van der Waals surface area contributed by atoms with Crippen LogP contribution in [0.5, 0.6) is 0 Å². The fourth-order valence-corrected chi connectivity index (χ4v) is 1.49. The molecule has 0 atom stereocenters. The Hall–Kier alpha value is -0.870. The topological polar surface area (TPSA) is 50.4 Å². The third-order valence-electron chi connectivity index (χ3n) is 1.32. The fraction of sp³-hybridized carbons (Fsp3) is 0.375. The molecule has 0 saturated heterocycles. The molecule has 0 spiro atoms. The summed E-state index contributed by atoms with van der Waals surface area (Å²) in [7, 11) is 0. The molecular weight excluding hydrogens is 170 g/mol. The molecule has 0 aliphatic carbocycles. The maximum absolute atomic E-state index is 5.34. The van der Waals surface area contributed by atoms with Crippen LogP contribution in [0.1, 0.15) is 19.4 Å². The second-order valence-corrected chi connectivity index (χ2v) is 3.51. The van der Waals surface area contributed by atoms with Crippen molar-refractivity contribution in [3.05, 3.63) is 22.4 Å². The van der Waals surface area contributed by atoms with Gasteiger partial charge in [0.25, 0.3) is 0 Å². The number of amidine groups is 1. The van der Waals surface area contributed by atoms with Gasteiger partial charge in [-0.05, 0) is 25.3 Å². The predicted molar refractivity (Wildman–Crippen MR) is 53.3 cm³/mol. The number of nitrogens with two attached hydrogens (primary N) is 1. The fourth-order valence-electron chi connectivity index (χ4n) is 0.853. The highest BCUT2D eigenvalue weighted by molar-refractivity contribution is 7.08. The Morgan fingerprint density at radius 1 is 1.67 bits per heavy atom. The molecule has 0 radical (unpaired) electrons. The van der Waals surface area contributed by atoms with Crippen molar-refractivity contribution in [2.24, 2.45) is 10.8 Å². The van der Waals surface area contributed by atoms with Gasteiger partial charge >= 0.3 is 0 Å². The lowest BCUT2D eigenvalue weighted by atomic mass is 10.3. The summed E-state index contributed by atoms with van der Waals surface area (Å²) in [5.74, 6) is 6.09. The first-order chi connectivity index (χ1) is 5.74. The van der Waals surface area contributed by atoms with Crippen molar-refractivity contribution in [1.29, 1.82) is 0 Å². The zero-order valence-corrected chi connectivity index (χ0v) is 8.06. The van der Waals surface area contributed by atoms with Gasteiger partial charge < -0.3 is 5.43 Å². The van der Waals surface area contributed by atoms with Gasteiger partial charge in [-0.1, -0.05) is 0 Å². The van der Waals surface area contributed by atoms with Crippen molar-refractivity contribution < 1.29 is 0 Å². The lowest BCUT2D eigenvalue weighted by Gasteiger charge is -2.04. The first-order valence-electron chi connectivity index (χ1n) is 3.81. The summed E-state index contributed by atoms with van der Waals surface area (Å²) in [6.45, 7) is 4.04. The molecule has 0 aliphatic heterocycles. The van der Waals surface area contributed by atoms with Crippen LogP contribution in [0.15, 0.2) is 21.8 Å². The minimum atomic E-state index is 0.260. The number of aliphatic imine (C=N–C) groups is 1. The number of hydrogen-bond donors (Lipinski definition) is 2. The molecular formula is C8H13N3S. The van der Waals surface area contributed by atoms with Crippen molar-refractivity contribution in [2.75, 3.05) is 0 Å². The second-order valence-electron chi connectivity index (χ2n) is 2.73.